The molecule has 0 aliphatic heterocycles. The molecule has 0 radical (unpaired) electrons. The van der Waals surface area contributed by atoms with Crippen LogP contribution in [0.2, 0.25) is 0 Å². The summed E-state index contributed by atoms with van der Waals surface area (Å²) in [5.74, 6) is -0.516. The second kappa shape index (κ2) is 6.34. The molecule has 0 spiro atoms. The van der Waals surface area contributed by atoms with E-state index in [2.05, 4.69) is 0 Å². The van der Waals surface area contributed by atoms with Crippen LogP contribution in [0.4, 0.5) is 17.6 Å². The van der Waals surface area contributed by atoms with E-state index in [1.807, 2.05) is 0 Å². The van der Waals surface area contributed by atoms with Crippen LogP contribution in [-0.4, -0.2) is 23.7 Å². The fourth-order valence-electron chi connectivity index (χ4n) is 1.78. The number of alkyl halides is 3. The lowest BCUT2D eigenvalue weighted by Crippen LogP contribution is -2.38. The van der Waals surface area contributed by atoms with E-state index < -0.39 is 18.5 Å². The summed E-state index contributed by atoms with van der Waals surface area (Å²) in [5, 5.41) is 0. The van der Waals surface area contributed by atoms with E-state index >= 15 is 0 Å². The summed E-state index contributed by atoms with van der Waals surface area (Å²) >= 11 is 0. The molecule has 0 aliphatic carbocycles. The maximum atomic E-state index is 13.9. The first-order chi connectivity index (χ1) is 8.74. The first kappa shape index (κ1) is 15.9. The monoisotopic (exact) mass is 278 g/mol. The fourth-order valence-corrected chi connectivity index (χ4v) is 1.78. The van der Waals surface area contributed by atoms with Crippen LogP contribution in [0.15, 0.2) is 18.2 Å². The number of nitrogens with zero attached hydrogens (tertiary/aromatic N) is 1. The SMILES string of the molecule is CC(C)N(Cc1cccc(CN)c1F)CC(F)(F)F. The topological polar surface area (TPSA) is 29.3 Å². The first-order valence-corrected chi connectivity index (χ1v) is 6.01. The van der Waals surface area contributed by atoms with Crippen LogP contribution >= 0.6 is 0 Å². The molecule has 19 heavy (non-hydrogen) atoms. The summed E-state index contributed by atoms with van der Waals surface area (Å²) in [4.78, 5) is 1.18. The average molecular weight is 278 g/mol. The number of halogens is 4. The Morgan fingerprint density at radius 2 is 1.79 bits per heavy atom. The van der Waals surface area contributed by atoms with Gasteiger partial charge in [-0.15, -0.1) is 0 Å². The summed E-state index contributed by atoms with van der Waals surface area (Å²) < 4.78 is 51.3. The number of hydrogen-bond acceptors (Lipinski definition) is 2. The predicted octanol–water partition coefficient (Wildman–Crippen LogP) is 3.06. The van der Waals surface area contributed by atoms with Gasteiger partial charge in [0.25, 0.3) is 0 Å². The molecule has 1 aromatic carbocycles. The van der Waals surface area contributed by atoms with Crippen LogP contribution in [0.3, 0.4) is 0 Å². The van der Waals surface area contributed by atoms with E-state index in [0.29, 0.717) is 5.56 Å². The van der Waals surface area contributed by atoms with Crippen LogP contribution in [0, 0.1) is 5.82 Å². The highest BCUT2D eigenvalue weighted by molar-refractivity contribution is 5.25. The number of rotatable bonds is 5. The highest BCUT2D eigenvalue weighted by Gasteiger charge is 2.32. The largest absolute Gasteiger partial charge is 0.401 e. The zero-order valence-corrected chi connectivity index (χ0v) is 11.0. The summed E-state index contributed by atoms with van der Waals surface area (Å²) in [6.45, 7) is 2.18. The van der Waals surface area contributed by atoms with Crippen molar-refractivity contribution in [2.24, 2.45) is 5.73 Å². The third kappa shape index (κ3) is 4.80. The van der Waals surface area contributed by atoms with Gasteiger partial charge in [0.15, 0.2) is 0 Å². The third-order valence-electron chi connectivity index (χ3n) is 2.86. The molecule has 0 unspecified atom stereocenters. The van der Waals surface area contributed by atoms with Crippen LogP contribution in [0.25, 0.3) is 0 Å². The minimum atomic E-state index is -4.30. The van der Waals surface area contributed by atoms with E-state index in [0.717, 1.165) is 0 Å². The van der Waals surface area contributed by atoms with Gasteiger partial charge < -0.3 is 5.73 Å². The summed E-state index contributed by atoms with van der Waals surface area (Å²) in [7, 11) is 0. The van der Waals surface area contributed by atoms with Crippen molar-refractivity contribution in [1.82, 2.24) is 4.90 Å². The van der Waals surface area contributed by atoms with Gasteiger partial charge in [0.05, 0.1) is 6.54 Å². The molecule has 0 saturated heterocycles. The second-order valence-electron chi connectivity index (χ2n) is 4.71. The Kier molecular flexibility index (Phi) is 5.31. The lowest BCUT2D eigenvalue weighted by Gasteiger charge is -2.27. The van der Waals surface area contributed by atoms with Crippen LogP contribution < -0.4 is 5.73 Å². The van der Waals surface area contributed by atoms with Gasteiger partial charge in [-0.3, -0.25) is 4.90 Å². The van der Waals surface area contributed by atoms with Crippen LogP contribution in [0.5, 0.6) is 0 Å². The number of hydrogen-bond donors (Lipinski definition) is 1. The lowest BCUT2D eigenvalue weighted by atomic mass is 10.1. The van der Waals surface area contributed by atoms with Gasteiger partial charge in [-0.2, -0.15) is 13.2 Å². The van der Waals surface area contributed by atoms with Crippen molar-refractivity contribution in [3.63, 3.8) is 0 Å². The third-order valence-corrected chi connectivity index (χ3v) is 2.86. The van der Waals surface area contributed by atoms with Gasteiger partial charge in [0.2, 0.25) is 0 Å². The quantitative estimate of drug-likeness (QED) is 0.839. The maximum absolute atomic E-state index is 13.9. The van der Waals surface area contributed by atoms with Gasteiger partial charge in [-0.05, 0) is 13.8 Å². The van der Waals surface area contributed by atoms with Crippen molar-refractivity contribution in [2.45, 2.75) is 39.2 Å². The van der Waals surface area contributed by atoms with Crippen molar-refractivity contribution in [3.8, 4) is 0 Å². The van der Waals surface area contributed by atoms with Gasteiger partial charge in [0, 0.05) is 30.3 Å². The minimum absolute atomic E-state index is 0.0284. The predicted molar refractivity (Wildman–Crippen MR) is 65.9 cm³/mol. The van der Waals surface area contributed by atoms with Gasteiger partial charge in [-0.1, -0.05) is 18.2 Å². The van der Waals surface area contributed by atoms with Crippen molar-refractivity contribution in [1.29, 1.82) is 0 Å². The molecule has 108 valence electrons. The fraction of sp³-hybridized carbons (Fsp3) is 0.538. The van der Waals surface area contributed by atoms with Crippen molar-refractivity contribution >= 4 is 0 Å². The molecular formula is C13H18F4N2. The molecule has 2 nitrogen and oxygen atoms in total. The molecular weight excluding hydrogens is 260 g/mol. The van der Waals surface area contributed by atoms with Gasteiger partial charge in [0.1, 0.15) is 5.82 Å². The van der Waals surface area contributed by atoms with Crippen LogP contribution in [0.1, 0.15) is 25.0 Å². The Balaban J connectivity index is 2.91. The zero-order chi connectivity index (χ0) is 14.6. The van der Waals surface area contributed by atoms with E-state index in [9.17, 15) is 17.6 Å². The highest BCUT2D eigenvalue weighted by atomic mass is 19.4. The summed E-state index contributed by atoms with van der Waals surface area (Å²) in [6, 6.07) is 4.29. The Morgan fingerprint density at radius 1 is 1.21 bits per heavy atom. The molecule has 2 N–H and O–H groups in total. The Hall–Kier alpha value is -1.14. The molecule has 0 heterocycles. The molecule has 0 aliphatic rings. The molecule has 0 fully saturated rings. The number of benzene rings is 1. The normalized spacial score (nSPS) is 12.5. The average Bonchev–Trinajstić information content (AvgIpc) is 2.29. The first-order valence-electron chi connectivity index (χ1n) is 6.01. The molecule has 0 saturated carbocycles. The van der Waals surface area contributed by atoms with Crippen LogP contribution in [-0.2, 0) is 13.1 Å². The Bertz CT molecular complexity index is 416. The lowest BCUT2D eigenvalue weighted by molar-refractivity contribution is -0.151. The molecule has 0 bridgehead atoms. The van der Waals surface area contributed by atoms with Crippen molar-refractivity contribution < 1.29 is 17.6 Å². The molecule has 0 atom stereocenters. The number of nitrogens with two attached hydrogens (primary N) is 1. The molecule has 6 heteroatoms. The molecule has 1 rings (SSSR count). The summed E-state index contributed by atoms with van der Waals surface area (Å²) in [5.41, 5.74) is 5.93. The van der Waals surface area contributed by atoms with Gasteiger partial charge >= 0.3 is 6.18 Å². The minimum Gasteiger partial charge on any atom is -0.326 e. The van der Waals surface area contributed by atoms with E-state index in [-0.39, 0.29) is 24.7 Å². The van der Waals surface area contributed by atoms with E-state index in [4.69, 9.17) is 5.73 Å². The van der Waals surface area contributed by atoms with Gasteiger partial charge in [-0.25, -0.2) is 4.39 Å². The summed E-state index contributed by atoms with van der Waals surface area (Å²) in [6.07, 6.45) is -4.30. The zero-order valence-electron chi connectivity index (χ0n) is 11.0. The second-order valence-corrected chi connectivity index (χ2v) is 4.71. The standard InChI is InChI=1S/C13H18F4N2/c1-9(2)19(8-13(15,16)17)7-11-5-3-4-10(6-18)12(11)14/h3-5,9H,6-8,18H2,1-2H3. The van der Waals surface area contributed by atoms with E-state index in [1.54, 1.807) is 19.9 Å². The van der Waals surface area contributed by atoms with Crippen molar-refractivity contribution in [2.75, 3.05) is 6.54 Å². The van der Waals surface area contributed by atoms with E-state index in [1.165, 1.54) is 17.0 Å². The van der Waals surface area contributed by atoms with Crippen molar-refractivity contribution in [3.05, 3.63) is 35.1 Å². The highest BCUT2D eigenvalue weighted by Crippen LogP contribution is 2.21. The maximum Gasteiger partial charge on any atom is 0.401 e. The molecule has 0 amide bonds. The Morgan fingerprint density at radius 3 is 2.26 bits per heavy atom. The molecule has 1 aromatic rings. The smallest absolute Gasteiger partial charge is 0.326 e. The Labute approximate surface area is 110 Å². The molecule has 0 aromatic heterocycles.